The van der Waals surface area contributed by atoms with Gasteiger partial charge in [-0.15, -0.1) is 0 Å². The summed E-state index contributed by atoms with van der Waals surface area (Å²) in [5.74, 6) is 2.25. The van der Waals surface area contributed by atoms with E-state index in [9.17, 15) is 9.59 Å². The Kier molecular flexibility index (Phi) is 28.0. The highest BCUT2D eigenvalue weighted by Crippen LogP contribution is 2.47. The first-order chi connectivity index (χ1) is 23.3. The minimum Gasteiger partial charge on any atom is -0.478 e. The van der Waals surface area contributed by atoms with Crippen molar-refractivity contribution in [2.24, 2.45) is 23.7 Å². The van der Waals surface area contributed by atoms with Crippen LogP contribution in [0.25, 0.3) is 0 Å². The zero-order valence-electron chi connectivity index (χ0n) is 32.4. The first-order valence-corrected chi connectivity index (χ1v) is 21.1. The molecule has 280 valence electrons. The van der Waals surface area contributed by atoms with Gasteiger partial charge in [0, 0.05) is 11.1 Å². The third kappa shape index (κ3) is 22.2. The predicted octanol–water partition coefficient (Wildman–Crippen LogP) is 14.3. The maximum Gasteiger partial charge on any atom is 0.330 e. The standard InChI is InChI=1S/C44H80O4/c1-5-7-9-18-27-33-41-39(31-23-8-6-2)35-36-40(32-26-21-16-12-10-14-19-24-29-37(3)43(45)46)42(41)34-28-22-17-13-11-15-20-25-30-38(4)44(47)48/h29-30,39-42H,5-28,31-36H2,1-4H3,(H,45,46)(H,47,48)/b37-29+,38-30+. The second kappa shape index (κ2) is 30.3. The second-order valence-corrected chi connectivity index (χ2v) is 15.6. The molecule has 0 saturated heterocycles. The van der Waals surface area contributed by atoms with Crippen LogP contribution in [0.3, 0.4) is 0 Å². The highest BCUT2D eigenvalue weighted by atomic mass is 16.4. The topological polar surface area (TPSA) is 74.6 Å². The smallest absolute Gasteiger partial charge is 0.330 e. The van der Waals surface area contributed by atoms with Gasteiger partial charge in [-0.25, -0.2) is 9.59 Å². The number of carboxylic acid groups (broad SMARTS) is 2. The molecule has 0 spiro atoms. The Balaban J connectivity index is 2.59. The maximum absolute atomic E-state index is 11.0. The lowest BCUT2D eigenvalue weighted by Gasteiger charge is -2.44. The summed E-state index contributed by atoms with van der Waals surface area (Å²) in [6.45, 7) is 8.07. The maximum atomic E-state index is 11.0. The molecule has 0 bridgehead atoms. The fourth-order valence-electron chi connectivity index (χ4n) is 8.47. The molecule has 0 aromatic carbocycles. The SMILES string of the molecule is CCCCCCCC1C(CCCCC)CCC(CCCCCCCCC/C=C(\C)C(=O)O)C1CCCCCCCCC/C=C(\C)C(=O)O. The normalized spacial score (nSPS) is 20.3. The van der Waals surface area contributed by atoms with E-state index in [2.05, 4.69) is 13.8 Å². The highest BCUT2D eigenvalue weighted by Gasteiger charge is 2.37. The van der Waals surface area contributed by atoms with Crippen molar-refractivity contribution in [2.75, 3.05) is 0 Å². The Hall–Kier alpha value is -1.58. The molecule has 1 aliphatic carbocycles. The van der Waals surface area contributed by atoms with Crippen molar-refractivity contribution in [3.05, 3.63) is 23.3 Å². The Morgan fingerprint density at radius 3 is 1.12 bits per heavy atom. The van der Waals surface area contributed by atoms with Crippen LogP contribution >= 0.6 is 0 Å². The van der Waals surface area contributed by atoms with Gasteiger partial charge in [-0.3, -0.25) is 0 Å². The van der Waals surface area contributed by atoms with E-state index in [-0.39, 0.29) is 0 Å². The molecule has 48 heavy (non-hydrogen) atoms. The Morgan fingerprint density at radius 2 is 0.750 bits per heavy atom. The Morgan fingerprint density at radius 1 is 0.458 bits per heavy atom. The van der Waals surface area contributed by atoms with Crippen LogP contribution in [-0.4, -0.2) is 22.2 Å². The van der Waals surface area contributed by atoms with Gasteiger partial charge >= 0.3 is 11.9 Å². The van der Waals surface area contributed by atoms with Crippen molar-refractivity contribution < 1.29 is 19.8 Å². The number of rotatable bonds is 32. The minimum atomic E-state index is -0.788. The van der Waals surface area contributed by atoms with Crippen LogP contribution in [0.4, 0.5) is 0 Å². The number of unbranched alkanes of at least 4 members (excludes halogenated alkanes) is 20. The number of hydrogen-bond acceptors (Lipinski definition) is 2. The zero-order valence-corrected chi connectivity index (χ0v) is 32.4. The molecule has 0 amide bonds. The summed E-state index contributed by atoms with van der Waals surface area (Å²) < 4.78 is 0. The third-order valence-electron chi connectivity index (χ3n) is 11.6. The monoisotopic (exact) mass is 673 g/mol. The van der Waals surface area contributed by atoms with Gasteiger partial charge in [0.15, 0.2) is 0 Å². The van der Waals surface area contributed by atoms with Crippen molar-refractivity contribution in [1.82, 2.24) is 0 Å². The van der Waals surface area contributed by atoms with Gasteiger partial charge in [0.25, 0.3) is 0 Å². The Bertz CT molecular complexity index is 858. The van der Waals surface area contributed by atoms with Gasteiger partial charge in [0.2, 0.25) is 0 Å². The van der Waals surface area contributed by atoms with Crippen molar-refractivity contribution >= 4 is 11.9 Å². The van der Waals surface area contributed by atoms with E-state index in [0.717, 1.165) is 49.4 Å². The molecule has 0 aliphatic heterocycles. The largest absolute Gasteiger partial charge is 0.478 e. The van der Waals surface area contributed by atoms with Crippen molar-refractivity contribution in [3.8, 4) is 0 Å². The van der Waals surface area contributed by atoms with Crippen LogP contribution in [-0.2, 0) is 9.59 Å². The van der Waals surface area contributed by atoms with Crippen LogP contribution in [0.1, 0.15) is 220 Å². The van der Waals surface area contributed by atoms with Gasteiger partial charge in [-0.1, -0.05) is 167 Å². The predicted molar refractivity (Wildman–Crippen MR) is 207 cm³/mol. The van der Waals surface area contributed by atoms with Crippen molar-refractivity contribution in [2.45, 2.75) is 220 Å². The number of aliphatic carboxylic acids is 2. The quantitative estimate of drug-likeness (QED) is 0.0551. The molecular formula is C44H80O4. The van der Waals surface area contributed by atoms with Gasteiger partial charge in [0.1, 0.15) is 0 Å². The lowest BCUT2D eigenvalue weighted by Crippen LogP contribution is -2.35. The van der Waals surface area contributed by atoms with Gasteiger partial charge in [-0.2, -0.15) is 0 Å². The molecule has 4 unspecified atom stereocenters. The molecule has 0 radical (unpaired) electrons. The van der Waals surface area contributed by atoms with Crippen LogP contribution in [0.15, 0.2) is 23.3 Å². The van der Waals surface area contributed by atoms with E-state index < -0.39 is 11.9 Å². The molecule has 0 heterocycles. The first kappa shape index (κ1) is 44.4. The molecular weight excluding hydrogens is 592 g/mol. The van der Waals surface area contributed by atoms with E-state index >= 15 is 0 Å². The summed E-state index contributed by atoms with van der Waals surface area (Å²) in [7, 11) is 0. The lowest BCUT2D eigenvalue weighted by atomic mass is 9.61. The fourth-order valence-corrected chi connectivity index (χ4v) is 8.47. The first-order valence-electron chi connectivity index (χ1n) is 21.1. The summed E-state index contributed by atoms with van der Waals surface area (Å²) in [5.41, 5.74) is 0.961. The summed E-state index contributed by atoms with van der Waals surface area (Å²) in [6.07, 6.45) is 43.8. The molecule has 0 aromatic heterocycles. The molecule has 0 aromatic rings. The molecule has 4 heteroatoms. The summed E-state index contributed by atoms with van der Waals surface area (Å²) in [6, 6.07) is 0. The van der Waals surface area contributed by atoms with Crippen molar-refractivity contribution in [3.63, 3.8) is 0 Å². The lowest BCUT2D eigenvalue weighted by molar-refractivity contribution is -0.133. The molecule has 2 N–H and O–H groups in total. The highest BCUT2D eigenvalue weighted by molar-refractivity contribution is 5.86. The minimum absolute atomic E-state index is 0.480. The van der Waals surface area contributed by atoms with E-state index in [1.807, 2.05) is 12.2 Å². The van der Waals surface area contributed by atoms with E-state index in [1.54, 1.807) is 13.8 Å². The molecule has 1 aliphatic rings. The number of hydrogen-bond donors (Lipinski definition) is 2. The van der Waals surface area contributed by atoms with Gasteiger partial charge in [-0.05, 0) is 88.9 Å². The van der Waals surface area contributed by atoms with Crippen LogP contribution < -0.4 is 0 Å². The summed E-state index contributed by atoms with van der Waals surface area (Å²) in [5, 5.41) is 18.0. The Labute approximate surface area is 298 Å². The second-order valence-electron chi connectivity index (χ2n) is 15.6. The molecule has 1 saturated carbocycles. The van der Waals surface area contributed by atoms with Crippen LogP contribution in [0.2, 0.25) is 0 Å². The fraction of sp³-hybridized carbons (Fsp3) is 0.864. The average molecular weight is 673 g/mol. The van der Waals surface area contributed by atoms with Crippen LogP contribution in [0.5, 0.6) is 0 Å². The molecule has 1 fully saturated rings. The third-order valence-corrected chi connectivity index (χ3v) is 11.6. The summed E-state index contributed by atoms with van der Waals surface area (Å²) >= 11 is 0. The van der Waals surface area contributed by atoms with E-state index in [1.165, 1.54) is 167 Å². The molecule has 1 rings (SSSR count). The van der Waals surface area contributed by atoms with Gasteiger partial charge in [0.05, 0.1) is 0 Å². The average Bonchev–Trinajstić information content (AvgIpc) is 3.07. The van der Waals surface area contributed by atoms with Crippen molar-refractivity contribution in [1.29, 1.82) is 0 Å². The molecule has 4 atom stereocenters. The number of allylic oxidation sites excluding steroid dienone is 2. The molecule has 4 nitrogen and oxygen atoms in total. The van der Waals surface area contributed by atoms with E-state index in [0.29, 0.717) is 11.1 Å². The zero-order chi connectivity index (χ0) is 35.2. The van der Waals surface area contributed by atoms with Crippen LogP contribution in [0, 0.1) is 23.7 Å². The number of carboxylic acids is 2. The van der Waals surface area contributed by atoms with Gasteiger partial charge < -0.3 is 10.2 Å². The van der Waals surface area contributed by atoms with E-state index in [4.69, 9.17) is 10.2 Å². The number of carbonyl (C=O) groups is 2. The summed E-state index contributed by atoms with van der Waals surface area (Å²) in [4.78, 5) is 21.9.